The lowest BCUT2D eigenvalue weighted by atomic mass is 10.3. The van der Waals surface area contributed by atoms with E-state index in [1.807, 2.05) is 38.1 Å². The molecule has 94 valence electrons. The Bertz CT molecular complexity index is 379. The molecule has 1 aromatic carbocycles. The summed E-state index contributed by atoms with van der Waals surface area (Å²) < 4.78 is 5.58. The highest BCUT2D eigenvalue weighted by atomic mass is 35.5. The smallest absolute Gasteiger partial charge is 0.161 e. The molecule has 0 aliphatic carbocycles. The highest BCUT2D eigenvalue weighted by molar-refractivity contribution is 8.14. The van der Waals surface area contributed by atoms with Gasteiger partial charge in [-0.05, 0) is 38.1 Å². The summed E-state index contributed by atoms with van der Waals surface area (Å²) in [5, 5.41) is 4.29. The molecular weight excluding hydrogens is 256 g/mol. The second-order valence-electron chi connectivity index (χ2n) is 3.85. The number of hydrogen-bond acceptors (Lipinski definition) is 4. The van der Waals surface area contributed by atoms with Crippen molar-refractivity contribution < 1.29 is 4.74 Å². The lowest BCUT2D eigenvalue weighted by molar-refractivity contribution is 0.242. The molecule has 0 atom stereocenters. The molecule has 0 aromatic heterocycles. The number of aliphatic imine (C=N–C) groups is 1. The number of nitrogens with zero attached hydrogens (tertiary/aromatic N) is 1. The van der Waals surface area contributed by atoms with E-state index >= 15 is 0 Å². The van der Waals surface area contributed by atoms with Gasteiger partial charge < -0.3 is 10.1 Å². The Labute approximate surface area is 112 Å². The summed E-state index contributed by atoms with van der Waals surface area (Å²) in [6, 6.07) is 7.98. The molecular formula is C12H17ClN2OS. The Morgan fingerprint density at radius 3 is 2.53 bits per heavy atom. The monoisotopic (exact) mass is 272 g/mol. The Morgan fingerprint density at radius 2 is 2.00 bits per heavy atom. The molecule has 5 heteroatoms. The third kappa shape index (κ3) is 4.48. The van der Waals surface area contributed by atoms with Crippen LogP contribution < -0.4 is 10.1 Å². The average molecular weight is 273 g/mol. The predicted molar refractivity (Wildman–Crippen MR) is 77.8 cm³/mol. The number of nitrogens with one attached hydrogen (secondary N) is 1. The summed E-state index contributed by atoms with van der Waals surface area (Å²) in [5.74, 6) is 1.98. The van der Waals surface area contributed by atoms with Crippen molar-refractivity contribution in [2.45, 2.75) is 20.0 Å². The summed E-state index contributed by atoms with van der Waals surface area (Å²) in [6.45, 7) is 4.97. The largest absolute Gasteiger partial charge is 0.491 e. The molecule has 3 nitrogen and oxygen atoms in total. The van der Waals surface area contributed by atoms with E-state index in [2.05, 4.69) is 10.3 Å². The van der Waals surface area contributed by atoms with E-state index in [-0.39, 0.29) is 18.5 Å². The molecule has 0 saturated heterocycles. The van der Waals surface area contributed by atoms with Crippen molar-refractivity contribution in [2.75, 3.05) is 17.6 Å². The van der Waals surface area contributed by atoms with E-state index in [4.69, 9.17) is 4.74 Å². The summed E-state index contributed by atoms with van der Waals surface area (Å²) in [7, 11) is 0. The topological polar surface area (TPSA) is 33.6 Å². The fraction of sp³-hybridized carbons (Fsp3) is 0.417. The summed E-state index contributed by atoms with van der Waals surface area (Å²) in [4.78, 5) is 4.34. The van der Waals surface area contributed by atoms with E-state index < -0.39 is 0 Å². The van der Waals surface area contributed by atoms with Crippen LogP contribution in [0.15, 0.2) is 29.3 Å². The van der Waals surface area contributed by atoms with Crippen LogP contribution in [0.4, 0.5) is 5.69 Å². The Hall–Kier alpha value is -0.870. The van der Waals surface area contributed by atoms with Gasteiger partial charge in [0.25, 0.3) is 0 Å². The number of amidine groups is 1. The molecule has 0 bridgehead atoms. The van der Waals surface area contributed by atoms with Gasteiger partial charge in [0.05, 0.1) is 12.6 Å². The van der Waals surface area contributed by atoms with E-state index in [9.17, 15) is 0 Å². The summed E-state index contributed by atoms with van der Waals surface area (Å²) in [5.41, 5.74) is 1.06. The molecule has 0 unspecified atom stereocenters. The van der Waals surface area contributed by atoms with Gasteiger partial charge in [-0.15, -0.1) is 12.4 Å². The third-order valence-electron chi connectivity index (χ3n) is 2.06. The van der Waals surface area contributed by atoms with E-state index in [0.29, 0.717) is 0 Å². The normalized spacial score (nSPS) is 14.2. The minimum atomic E-state index is 0. The second-order valence-corrected chi connectivity index (χ2v) is 4.93. The van der Waals surface area contributed by atoms with Crippen LogP contribution in [0.2, 0.25) is 0 Å². The van der Waals surface area contributed by atoms with Crippen molar-refractivity contribution in [3.8, 4) is 5.75 Å². The second kappa shape index (κ2) is 6.77. The molecule has 0 radical (unpaired) electrons. The van der Waals surface area contributed by atoms with Gasteiger partial charge in [-0.3, -0.25) is 4.99 Å². The zero-order valence-electron chi connectivity index (χ0n) is 9.97. The lowest BCUT2D eigenvalue weighted by Gasteiger charge is -2.10. The maximum Gasteiger partial charge on any atom is 0.161 e. The maximum atomic E-state index is 5.58. The first-order valence-electron chi connectivity index (χ1n) is 5.45. The number of hydrogen-bond donors (Lipinski definition) is 1. The fourth-order valence-corrected chi connectivity index (χ4v) is 2.17. The molecule has 0 saturated carbocycles. The van der Waals surface area contributed by atoms with E-state index in [0.717, 1.165) is 28.9 Å². The van der Waals surface area contributed by atoms with Crippen LogP contribution in [0.25, 0.3) is 0 Å². The van der Waals surface area contributed by atoms with Gasteiger partial charge in [-0.25, -0.2) is 0 Å². The van der Waals surface area contributed by atoms with Gasteiger partial charge in [-0.1, -0.05) is 11.8 Å². The molecule has 0 fully saturated rings. The van der Waals surface area contributed by atoms with Gasteiger partial charge in [0.1, 0.15) is 5.75 Å². The van der Waals surface area contributed by atoms with Gasteiger partial charge >= 0.3 is 0 Å². The number of anilines is 1. The Balaban J connectivity index is 0.00000144. The van der Waals surface area contributed by atoms with Crippen molar-refractivity contribution in [3.63, 3.8) is 0 Å². The lowest BCUT2D eigenvalue weighted by Crippen LogP contribution is -2.06. The van der Waals surface area contributed by atoms with Crippen LogP contribution in [0, 0.1) is 0 Å². The van der Waals surface area contributed by atoms with Crippen LogP contribution in [-0.4, -0.2) is 23.6 Å². The highest BCUT2D eigenvalue weighted by Gasteiger charge is 2.06. The molecule has 2 rings (SSSR count). The molecule has 1 heterocycles. The quantitative estimate of drug-likeness (QED) is 0.916. The predicted octanol–water partition coefficient (Wildman–Crippen LogP) is 3.41. The van der Waals surface area contributed by atoms with E-state index in [1.165, 1.54) is 0 Å². The number of thioether (sulfide) groups is 1. The first-order valence-corrected chi connectivity index (χ1v) is 6.43. The van der Waals surface area contributed by atoms with Crippen molar-refractivity contribution in [1.82, 2.24) is 0 Å². The first kappa shape index (κ1) is 14.2. The Kier molecular flexibility index (Phi) is 5.65. The van der Waals surface area contributed by atoms with Crippen LogP contribution in [0.5, 0.6) is 5.75 Å². The molecule has 17 heavy (non-hydrogen) atoms. The molecule has 1 N–H and O–H groups in total. The molecule has 0 spiro atoms. The van der Waals surface area contributed by atoms with Crippen LogP contribution >= 0.6 is 24.2 Å². The van der Waals surface area contributed by atoms with Crippen molar-refractivity contribution in [1.29, 1.82) is 0 Å². The van der Waals surface area contributed by atoms with Crippen molar-refractivity contribution in [3.05, 3.63) is 24.3 Å². The van der Waals surface area contributed by atoms with Crippen molar-refractivity contribution in [2.24, 2.45) is 4.99 Å². The molecule has 1 aliphatic heterocycles. The highest BCUT2D eigenvalue weighted by Crippen LogP contribution is 2.19. The van der Waals surface area contributed by atoms with E-state index in [1.54, 1.807) is 11.8 Å². The zero-order valence-corrected chi connectivity index (χ0v) is 11.6. The minimum Gasteiger partial charge on any atom is -0.491 e. The minimum absolute atomic E-state index is 0. The summed E-state index contributed by atoms with van der Waals surface area (Å²) in [6.07, 6.45) is 0.216. The van der Waals surface area contributed by atoms with Gasteiger partial charge in [-0.2, -0.15) is 0 Å². The SMILES string of the molecule is CC(C)Oc1ccc(NC2=NCCS2)cc1.Cl. The maximum absolute atomic E-state index is 5.58. The van der Waals surface area contributed by atoms with Crippen LogP contribution in [0.3, 0.4) is 0 Å². The molecule has 1 aromatic rings. The summed E-state index contributed by atoms with van der Waals surface area (Å²) >= 11 is 1.76. The Morgan fingerprint density at radius 1 is 1.29 bits per heavy atom. The van der Waals surface area contributed by atoms with Crippen LogP contribution in [0.1, 0.15) is 13.8 Å². The number of halogens is 1. The van der Waals surface area contributed by atoms with Crippen LogP contribution in [-0.2, 0) is 0 Å². The fourth-order valence-electron chi connectivity index (χ4n) is 1.42. The molecule has 0 amide bonds. The van der Waals surface area contributed by atoms with Gasteiger partial charge in [0, 0.05) is 11.4 Å². The average Bonchev–Trinajstić information content (AvgIpc) is 2.73. The first-order chi connectivity index (χ1) is 7.74. The van der Waals surface area contributed by atoms with Gasteiger partial charge in [0.15, 0.2) is 5.17 Å². The standard InChI is InChI=1S/C12H16N2OS.ClH/c1-9(2)15-11-5-3-10(4-6-11)14-12-13-7-8-16-12;/h3-6,9H,7-8H2,1-2H3,(H,13,14);1H. The van der Waals surface area contributed by atoms with Gasteiger partial charge in [0.2, 0.25) is 0 Å². The number of benzene rings is 1. The zero-order chi connectivity index (χ0) is 11.4. The molecule has 1 aliphatic rings. The number of rotatable bonds is 3. The third-order valence-corrected chi connectivity index (χ3v) is 2.95. The number of ether oxygens (including phenoxy) is 1. The van der Waals surface area contributed by atoms with Crippen molar-refractivity contribution >= 4 is 35.0 Å².